The molecule has 0 bridgehead atoms. The van der Waals surface area contributed by atoms with Gasteiger partial charge in [-0.15, -0.1) is 0 Å². The Hall–Kier alpha value is -2.07. The molecular weight excluding hydrogens is 331 g/mol. The zero-order chi connectivity index (χ0) is 17.9. The summed E-state index contributed by atoms with van der Waals surface area (Å²) < 4.78 is 44.0. The van der Waals surface area contributed by atoms with Crippen LogP contribution >= 0.6 is 0 Å². The number of nitro groups is 1. The molecule has 0 radical (unpaired) electrons. The minimum Gasteiger partial charge on any atom is -0.504 e. The average Bonchev–Trinajstić information content (AvgIpc) is 2.53. The summed E-state index contributed by atoms with van der Waals surface area (Å²) >= 11 is 0. The maximum absolute atomic E-state index is 13.0. The number of non-ortho nitro benzene ring substituents is 1. The summed E-state index contributed by atoms with van der Waals surface area (Å²) in [5.41, 5.74) is -0.581. The number of phenolic OH excluding ortho intramolecular Hbond substituents is 1. The molecule has 0 aromatic heterocycles. The minimum absolute atomic E-state index is 0.153. The smallest absolute Gasteiger partial charge is 0.390 e. The van der Waals surface area contributed by atoms with Crippen molar-refractivity contribution in [3.05, 3.63) is 27.8 Å². The Kier molecular flexibility index (Phi) is 5.50. The van der Waals surface area contributed by atoms with E-state index in [1.807, 2.05) is 0 Å². The number of halogens is 3. The quantitative estimate of drug-likeness (QED) is 0.626. The van der Waals surface area contributed by atoms with Crippen LogP contribution in [0.4, 0.5) is 18.9 Å². The monoisotopic (exact) mass is 349 g/mol. The lowest BCUT2D eigenvalue weighted by Gasteiger charge is -2.35. The van der Waals surface area contributed by atoms with Crippen molar-refractivity contribution in [2.24, 2.45) is 0 Å². The van der Waals surface area contributed by atoms with E-state index in [0.29, 0.717) is 26.2 Å². The Morgan fingerprint density at radius 2 is 2.04 bits per heavy atom. The number of nitro benzene ring substituents is 1. The molecular formula is C14H18F3N3O4. The van der Waals surface area contributed by atoms with Gasteiger partial charge in [-0.25, -0.2) is 0 Å². The number of nitrogens with one attached hydrogen (secondary N) is 1. The first-order valence-electron chi connectivity index (χ1n) is 7.29. The van der Waals surface area contributed by atoms with Gasteiger partial charge in [0.15, 0.2) is 11.5 Å². The predicted molar refractivity (Wildman–Crippen MR) is 79.2 cm³/mol. The van der Waals surface area contributed by atoms with Crippen LogP contribution in [0.3, 0.4) is 0 Å². The molecule has 134 valence electrons. The molecule has 1 heterocycles. The van der Waals surface area contributed by atoms with Crippen molar-refractivity contribution in [2.75, 3.05) is 33.3 Å². The van der Waals surface area contributed by atoms with E-state index in [-0.39, 0.29) is 11.3 Å². The van der Waals surface area contributed by atoms with E-state index in [1.165, 1.54) is 7.11 Å². The summed E-state index contributed by atoms with van der Waals surface area (Å²) in [6.07, 6.45) is -5.70. The molecule has 24 heavy (non-hydrogen) atoms. The summed E-state index contributed by atoms with van der Waals surface area (Å²) in [4.78, 5) is 11.9. The van der Waals surface area contributed by atoms with Gasteiger partial charge in [0.2, 0.25) is 0 Å². The highest BCUT2D eigenvalue weighted by atomic mass is 19.4. The molecule has 0 aliphatic carbocycles. The van der Waals surface area contributed by atoms with Crippen molar-refractivity contribution in [2.45, 2.75) is 18.6 Å². The molecule has 1 aliphatic heterocycles. The molecule has 0 saturated carbocycles. The molecule has 7 nitrogen and oxygen atoms in total. The number of phenols is 1. The molecule has 0 unspecified atom stereocenters. The Morgan fingerprint density at radius 3 is 2.54 bits per heavy atom. The summed E-state index contributed by atoms with van der Waals surface area (Å²) in [6.45, 7) is 1.68. The third kappa shape index (κ3) is 4.26. The molecule has 10 heteroatoms. The van der Waals surface area contributed by atoms with E-state index in [0.717, 1.165) is 12.1 Å². The maximum Gasteiger partial charge on any atom is 0.390 e. The highest BCUT2D eigenvalue weighted by Crippen LogP contribution is 2.43. The van der Waals surface area contributed by atoms with Gasteiger partial charge < -0.3 is 15.2 Å². The second-order valence-electron chi connectivity index (χ2n) is 5.46. The van der Waals surface area contributed by atoms with Crippen LogP contribution in [-0.2, 0) is 0 Å². The fourth-order valence-electron chi connectivity index (χ4n) is 2.78. The van der Waals surface area contributed by atoms with Crippen LogP contribution in [0.25, 0.3) is 0 Å². The Labute approximate surface area is 136 Å². The molecule has 1 aromatic carbocycles. The number of rotatable bonds is 5. The van der Waals surface area contributed by atoms with E-state index in [1.54, 1.807) is 4.90 Å². The number of aromatic hydroxyl groups is 1. The molecule has 2 N–H and O–H groups in total. The van der Waals surface area contributed by atoms with E-state index in [9.17, 15) is 28.4 Å². The lowest BCUT2D eigenvalue weighted by atomic mass is 9.98. The highest BCUT2D eigenvalue weighted by molar-refractivity contribution is 5.54. The normalized spacial score (nSPS) is 17.5. The van der Waals surface area contributed by atoms with Gasteiger partial charge in [-0.05, 0) is 0 Å². The topological polar surface area (TPSA) is 87.9 Å². The van der Waals surface area contributed by atoms with Crippen LogP contribution in [-0.4, -0.2) is 54.4 Å². The van der Waals surface area contributed by atoms with Crippen LogP contribution in [0.2, 0.25) is 0 Å². The lowest BCUT2D eigenvalue weighted by Crippen LogP contribution is -2.46. The first-order valence-corrected chi connectivity index (χ1v) is 7.29. The molecule has 1 atom stereocenters. The van der Waals surface area contributed by atoms with E-state index >= 15 is 0 Å². The summed E-state index contributed by atoms with van der Waals surface area (Å²) in [7, 11) is 1.19. The molecule has 1 fully saturated rings. The molecule has 1 aliphatic rings. The average molecular weight is 349 g/mol. The minimum atomic E-state index is -4.49. The van der Waals surface area contributed by atoms with E-state index in [4.69, 9.17) is 4.74 Å². The van der Waals surface area contributed by atoms with Crippen LogP contribution in [0.15, 0.2) is 12.1 Å². The van der Waals surface area contributed by atoms with E-state index < -0.39 is 35.0 Å². The first kappa shape index (κ1) is 18.3. The third-order valence-corrected chi connectivity index (χ3v) is 3.90. The van der Waals surface area contributed by atoms with Gasteiger partial charge in [-0.1, -0.05) is 0 Å². The summed E-state index contributed by atoms with van der Waals surface area (Å²) in [6, 6.07) is 0.748. The molecule has 0 spiro atoms. The zero-order valence-corrected chi connectivity index (χ0v) is 13.0. The van der Waals surface area contributed by atoms with Crippen molar-refractivity contribution >= 4 is 5.69 Å². The predicted octanol–water partition coefficient (Wildman–Crippen LogP) is 2.21. The number of hydrogen-bond acceptors (Lipinski definition) is 6. The number of methoxy groups -OCH3 is 1. The number of piperazine rings is 1. The van der Waals surface area contributed by atoms with Gasteiger partial charge >= 0.3 is 6.18 Å². The van der Waals surface area contributed by atoms with Crippen molar-refractivity contribution < 1.29 is 27.9 Å². The van der Waals surface area contributed by atoms with Gasteiger partial charge in [0.25, 0.3) is 5.69 Å². The Balaban J connectivity index is 2.50. The van der Waals surface area contributed by atoms with Gasteiger partial charge in [0.1, 0.15) is 0 Å². The maximum atomic E-state index is 13.0. The number of benzene rings is 1. The highest BCUT2D eigenvalue weighted by Gasteiger charge is 2.38. The van der Waals surface area contributed by atoms with Gasteiger partial charge in [-0.3, -0.25) is 15.0 Å². The fourth-order valence-corrected chi connectivity index (χ4v) is 2.78. The van der Waals surface area contributed by atoms with Crippen LogP contribution in [0, 0.1) is 10.1 Å². The first-order chi connectivity index (χ1) is 11.2. The van der Waals surface area contributed by atoms with Crippen molar-refractivity contribution in [1.29, 1.82) is 0 Å². The van der Waals surface area contributed by atoms with Crippen molar-refractivity contribution in [3.63, 3.8) is 0 Å². The van der Waals surface area contributed by atoms with Crippen molar-refractivity contribution in [1.82, 2.24) is 10.2 Å². The Bertz CT molecular complexity index is 604. The van der Waals surface area contributed by atoms with E-state index in [2.05, 4.69) is 5.32 Å². The third-order valence-electron chi connectivity index (χ3n) is 3.90. The van der Waals surface area contributed by atoms with Crippen LogP contribution < -0.4 is 10.1 Å². The zero-order valence-electron chi connectivity index (χ0n) is 13.0. The number of ether oxygens (including phenoxy) is 1. The number of hydrogen-bond donors (Lipinski definition) is 2. The number of nitrogens with zero attached hydrogens (tertiary/aromatic N) is 2. The Morgan fingerprint density at radius 1 is 1.42 bits per heavy atom. The SMILES string of the molecule is COc1cc([N+](=O)[O-])cc([C@@H](CC(F)(F)F)N2CCNCC2)c1O. The number of alkyl halides is 3. The van der Waals surface area contributed by atoms with Crippen LogP contribution in [0.1, 0.15) is 18.0 Å². The molecule has 2 rings (SSSR count). The molecule has 0 amide bonds. The van der Waals surface area contributed by atoms with Gasteiger partial charge in [-0.2, -0.15) is 13.2 Å². The second kappa shape index (κ2) is 7.22. The summed E-state index contributed by atoms with van der Waals surface area (Å²) in [5.74, 6) is -0.725. The molecule has 1 saturated heterocycles. The summed E-state index contributed by atoms with van der Waals surface area (Å²) in [5, 5.41) is 24.3. The fraction of sp³-hybridized carbons (Fsp3) is 0.571. The van der Waals surface area contributed by atoms with Gasteiger partial charge in [0.05, 0.1) is 24.5 Å². The van der Waals surface area contributed by atoms with Gasteiger partial charge in [0, 0.05) is 43.9 Å². The second-order valence-corrected chi connectivity index (χ2v) is 5.46. The standard InChI is InChI=1S/C14H18F3N3O4/c1-24-12-7-9(20(22)23)6-10(13(12)21)11(8-14(15,16)17)19-4-2-18-3-5-19/h6-7,11,18,21H,2-5,8H2,1H3/t11-/m1/s1. The largest absolute Gasteiger partial charge is 0.504 e. The lowest BCUT2D eigenvalue weighted by molar-refractivity contribution is -0.385. The van der Waals surface area contributed by atoms with Crippen molar-refractivity contribution in [3.8, 4) is 11.5 Å². The van der Waals surface area contributed by atoms with Crippen LogP contribution in [0.5, 0.6) is 11.5 Å². The molecule has 1 aromatic rings.